The molecule has 1 aliphatic heterocycles. The number of hydrogen-bond acceptors (Lipinski definition) is 10. The number of carbonyl (C=O) groups excluding carboxylic acids is 1. The van der Waals surface area contributed by atoms with Gasteiger partial charge in [-0.05, 0) is 49.3 Å². The second-order valence-corrected chi connectivity index (χ2v) is 12.4. The molecule has 39 heavy (non-hydrogen) atoms. The number of alkyl halides is 3. The fourth-order valence-corrected chi connectivity index (χ4v) is 5.70. The van der Waals surface area contributed by atoms with Crippen molar-refractivity contribution in [3.8, 4) is 0 Å². The Hall–Kier alpha value is -2.81. The summed E-state index contributed by atoms with van der Waals surface area (Å²) in [5.41, 5.74) is 1.56. The summed E-state index contributed by atoms with van der Waals surface area (Å²) in [6.45, 7) is 8.85. The lowest BCUT2D eigenvalue weighted by Gasteiger charge is -2.39. The van der Waals surface area contributed by atoms with E-state index >= 15 is 0 Å². The van der Waals surface area contributed by atoms with Gasteiger partial charge in [-0.2, -0.15) is 13.2 Å². The number of aromatic nitrogens is 2. The minimum absolute atomic E-state index is 0.00364. The second kappa shape index (κ2) is 13.0. The molecule has 0 saturated heterocycles. The molecule has 0 amide bonds. The van der Waals surface area contributed by atoms with Gasteiger partial charge in [0.1, 0.15) is 5.69 Å². The molecule has 15 heteroatoms. The van der Waals surface area contributed by atoms with Crippen molar-refractivity contribution in [1.29, 1.82) is 0 Å². The second-order valence-electron chi connectivity index (χ2n) is 9.70. The number of nitrogens with one attached hydrogen (secondary N) is 1. The lowest BCUT2D eigenvalue weighted by Crippen LogP contribution is -2.39. The van der Waals surface area contributed by atoms with Gasteiger partial charge in [0.2, 0.25) is 15.0 Å². The largest absolute Gasteiger partial charge is 0.460 e. The van der Waals surface area contributed by atoms with Crippen LogP contribution < -0.4 is 9.62 Å². The van der Waals surface area contributed by atoms with E-state index in [1.165, 1.54) is 6.07 Å². The predicted octanol–water partition coefficient (Wildman–Crippen LogP) is 6.40. The third-order valence-electron chi connectivity index (χ3n) is 5.92. The zero-order valence-corrected chi connectivity index (χ0v) is 23.9. The Kier molecular flexibility index (Phi) is 10.3. The molecule has 0 radical (unpaired) electrons. The topological polar surface area (TPSA) is 126 Å². The van der Waals surface area contributed by atoms with E-state index in [4.69, 9.17) is 4.74 Å². The monoisotopic (exact) mass is 590 g/mol. The Morgan fingerprint density at radius 3 is 2.64 bits per heavy atom. The summed E-state index contributed by atoms with van der Waals surface area (Å²) >= 11 is 0.827. The SMILES string of the molecule is CCCCN1c2cc(NS(=O)(=O)CC(F)(F)F)c(N=Nc3nnc(C(=O)OCC(C)C)s3)cc2CCC1CC. The number of benzene rings is 1. The average Bonchev–Trinajstić information content (AvgIpc) is 3.32. The smallest absolute Gasteiger partial charge is 0.404 e. The molecule has 0 spiro atoms. The Morgan fingerprint density at radius 1 is 1.26 bits per heavy atom. The number of esters is 1. The number of hydrogen-bond donors (Lipinski definition) is 1. The van der Waals surface area contributed by atoms with Gasteiger partial charge in [-0.1, -0.05) is 45.5 Å². The van der Waals surface area contributed by atoms with Crippen LogP contribution in [0.5, 0.6) is 0 Å². The zero-order valence-electron chi connectivity index (χ0n) is 22.3. The molecule has 1 aliphatic rings. The summed E-state index contributed by atoms with van der Waals surface area (Å²) < 4.78 is 70.8. The molecule has 2 heterocycles. The fourth-order valence-electron chi connectivity index (χ4n) is 4.14. The van der Waals surface area contributed by atoms with Crippen molar-refractivity contribution in [2.75, 3.05) is 28.5 Å². The number of azo groups is 1. The van der Waals surface area contributed by atoms with Crippen LogP contribution in [0.2, 0.25) is 0 Å². The van der Waals surface area contributed by atoms with E-state index in [0.717, 1.165) is 54.8 Å². The number of ether oxygens (including phenoxy) is 1. The minimum atomic E-state index is -4.92. The van der Waals surface area contributed by atoms with Crippen molar-refractivity contribution >= 4 is 49.5 Å². The van der Waals surface area contributed by atoms with Crippen LogP contribution >= 0.6 is 11.3 Å². The number of aryl methyl sites for hydroxylation is 1. The third kappa shape index (κ3) is 8.85. The molecule has 216 valence electrons. The van der Waals surface area contributed by atoms with E-state index in [2.05, 4.69) is 43.9 Å². The quantitative estimate of drug-likeness (QED) is 0.224. The highest BCUT2D eigenvalue weighted by Gasteiger charge is 2.36. The highest BCUT2D eigenvalue weighted by Crippen LogP contribution is 2.41. The molecule has 1 aromatic heterocycles. The molecule has 2 aromatic rings. The molecule has 0 bridgehead atoms. The van der Waals surface area contributed by atoms with Crippen molar-refractivity contribution in [3.63, 3.8) is 0 Å². The predicted molar refractivity (Wildman–Crippen MR) is 144 cm³/mol. The van der Waals surface area contributed by atoms with Gasteiger partial charge in [0.15, 0.2) is 5.75 Å². The maximum Gasteiger partial charge on any atom is 0.404 e. The highest BCUT2D eigenvalue weighted by molar-refractivity contribution is 7.92. The Labute approximate surface area is 230 Å². The molecule has 0 saturated carbocycles. The fraction of sp³-hybridized carbons (Fsp3) is 0.625. The van der Waals surface area contributed by atoms with Crippen molar-refractivity contribution in [2.24, 2.45) is 16.1 Å². The Bertz CT molecular complexity index is 1280. The summed E-state index contributed by atoms with van der Waals surface area (Å²) in [6.07, 6.45) is -0.617. The van der Waals surface area contributed by atoms with Gasteiger partial charge in [0.25, 0.3) is 5.13 Å². The van der Waals surface area contributed by atoms with E-state index in [1.807, 2.05) is 13.8 Å². The first-order valence-electron chi connectivity index (χ1n) is 12.7. The van der Waals surface area contributed by atoms with Gasteiger partial charge in [0.05, 0.1) is 12.3 Å². The number of sulfonamides is 1. The summed E-state index contributed by atoms with van der Waals surface area (Å²) in [5.74, 6) is -2.56. The standard InChI is InChI=1S/C24H33F3N6O4S2/c1-5-7-10-33-17(6-2)9-8-16-11-18(19(12-20(16)33)32-39(35,36)14-24(25,26)27)28-30-23-31-29-21(38-23)22(34)37-13-15(3)4/h11-12,15,17,32H,5-10,13-14H2,1-4H3. The van der Waals surface area contributed by atoms with Crippen LogP contribution in [-0.4, -0.2) is 55.7 Å². The van der Waals surface area contributed by atoms with Gasteiger partial charge in [-0.3, -0.25) is 4.72 Å². The lowest BCUT2D eigenvalue weighted by molar-refractivity contribution is -0.106. The van der Waals surface area contributed by atoms with Crippen LogP contribution in [0.1, 0.15) is 68.7 Å². The zero-order chi connectivity index (χ0) is 28.8. The Balaban J connectivity index is 1.98. The molecular formula is C24H33F3N6O4S2. The van der Waals surface area contributed by atoms with E-state index < -0.39 is 27.9 Å². The third-order valence-corrected chi connectivity index (χ3v) is 7.94. The van der Waals surface area contributed by atoms with E-state index in [-0.39, 0.29) is 40.1 Å². The molecule has 10 nitrogen and oxygen atoms in total. The van der Waals surface area contributed by atoms with E-state index in [1.54, 1.807) is 6.07 Å². The molecular weight excluding hydrogens is 557 g/mol. The van der Waals surface area contributed by atoms with Crippen LogP contribution in [0, 0.1) is 5.92 Å². The number of rotatable bonds is 12. The highest BCUT2D eigenvalue weighted by atomic mass is 32.2. The Morgan fingerprint density at radius 2 is 2.00 bits per heavy atom. The molecule has 0 fully saturated rings. The van der Waals surface area contributed by atoms with Crippen molar-refractivity contribution in [2.45, 2.75) is 72.0 Å². The number of anilines is 2. The summed E-state index contributed by atoms with van der Waals surface area (Å²) in [5, 5.41) is 15.6. The molecule has 1 N–H and O–H groups in total. The van der Waals surface area contributed by atoms with Crippen LogP contribution in [-0.2, 0) is 21.2 Å². The number of nitrogens with zero attached hydrogens (tertiary/aromatic N) is 5. The van der Waals surface area contributed by atoms with Crippen molar-refractivity contribution in [1.82, 2.24) is 10.2 Å². The number of halogens is 3. The summed E-state index contributed by atoms with van der Waals surface area (Å²) in [6, 6.07) is 3.39. The van der Waals surface area contributed by atoms with Crippen molar-refractivity contribution < 1.29 is 31.1 Å². The van der Waals surface area contributed by atoms with Gasteiger partial charge in [-0.25, -0.2) is 13.2 Å². The normalized spacial score (nSPS) is 16.1. The number of carbonyl (C=O) groups is 1. The molecule has 0 aliphatic carbocycles. The maximum atomic E-state index is 12.9. The lowest BCUT2D eigenvalue weighted by atomic mass is 9.93. The molecule has 3 rings (SSSR count). The van der Waals surface area contributed by atoms with Gasteiger partial charge in [0, 0.05) is 18.3 Å². The van der Waals surface area contributed by atoms with Crippen molar-refractivity contribution in [3.05, 3.63) is 22.7 Å². The van der Waals surface area contributed by atoms with Crippen LogP contribution in [0.15, 0.2) is 22.4 Å². The van der Waals surface area contributed by atoms with Crippen LogP contribution in [0.3, 0.4) is 0 Å². The molecule has 1 unspecified atom stereocenters. The van der Waals surface area contributed by atoms with Crippen LogP contribution in [0.25, 0.3) is 0 Å². The molecule has 1 aromatic carbocycles. The first kappa shape index (κ1) is 30.7. The first-order valence-corrected chi connectivity index (χ1v) is 15.2. The maximum absolute atomic E-state index is 12.9. The first-order chi connectivity index (χ1) is 18.3. The van der Waals surface area contributed by atoms with Gasteiger partial charge in [-0.15, -0.1) is 20.4 Å². The van der Waals surface area contributed by atoms with E-state index in [0.29, 0.717) is 6.42 Å². The van der Waals surface area contributed by atoms with E-state index in [9.17, 15) is 26.4 Å². The molecule has 1 atom stereocenters. The van der Waals surface area contributed by atoms with Crippen LogP contribution in [0.4, 0.5) is 35.4 Å². The minimum Gasteiger partial charge on any atom is -0.460 e. The summed E-state index contributed by atoms with van der Waals surface area (Å²) in [7, 11) is -4.78. The van der Waals surface area contributed by atoms with Gasteiger partial charge >= 0.3 is 12.1 Å². The average molecular weight is 591 g/mol. The number of fused-ring (bicyclic) bond motifs is 1. The van der Waals surface area contributed by atoms with Gasteiger partial charge < -0.3 is 9.64 Å². The number of unbranched alkanes of at least 4 members (excludes halogenated alkanes) is 1. The summed E-state index contributed by atoms with van der Waals surface area (Å²) in [4.78, 5) is 14.3.